The number of aromatic nitrogens is 1. The highest BCUT2D eigenvalue weighted by molar-refractivity contribution is 7.22. The molecule has 1 aromatic heterocycles. The lowest BCUT2D eigenvalue weighted by molar-refractivity contribution is -0.274. The summed E-state index contributed by atoms with van der Waals surface area (Å²) in [5.74, 6) is -1.67. The molecule has 29 heavy (non-hydrogen) atoms. The minimum Gasteiger partial charge on any atom is -0.405 e. The monoisotopic (exact) mass is 426 g/mol. The number of ketones is 1. The first-order valence-electron chi connectivity index (χ1n) is 9.01. The third-order valence-corrected chi connectivity index (χ3v) is 5.83. The fourth-order valence-corrected chi connectivity index (χ4v) is 4.56. The minimum absolute atomic E-state index is 0. The Hall–Kier alpha value is -2.68. The van der Waals surface area contributed by atoms with Crippen LogP contribution in [0, 0.1) is 11.7 Å². The van der Waals surface area contributed by atoms with Gasteiger partial charge in [-0.1, -0.05) is 29.5 Å². The number of Topliss-reactive ketones (excluding diaryl/α,β-unsaturated/α-hetero) is 1. The van der Waals surface area contributed by atoms with Crippen molar-refractivity contribution in [3.63, 3.8) is 0 Å². The normalized spacial score (nSPS) is 19.4. The first-order chi connectivity index (χ1) is 13.8. The van der Waals surface area contributed by atoms with Crippen LogP contribution in [0.3, 0.4) is 0 Å². The van der Waals surface area contributed by atoms with Crippen LogP contribution in [0.2, 0.25) is 0 Å². The van der Waals surface area contributed by atoms with Crippen molar-refractivity contribution in [2.75, 3.05) is 5.32 Å². The molecule has 4 nitrogen and oxygen atoms in total. The Bertz CT molecular complexity index is 1060. The van der Waals surface area contributed by atoms with E-state index in [1.807, 2.05) is 0 Å². The maximum atomic E-state index is 13.8. The fourth-order valence-electron chi connectivity index (χ4n) is 3.61. The highest BCUT2D eigenvalue weighted by Gasteiger charge is 2.36. The molecule has 4 rings (SSSR count). The fraction of sp³-hybridized carbons (Fsp3) is 0.300. The van der Waals surface area contributed by atoms with Gasteiger partial charge in [-0.15, -0.1) is 13.2 Å². The number of carbonyl (C=O) groups is 1. The summed E-state index contributed by atoms with van der Waals surface area (Å²) in [6.45, 7) is 0. The molecule has 0 radical (unpaired) electrons. The molecule has 1 fully saturated rings. The third kappa shape index (κ3) is 4.34. The molecule has 0 bridgehead atoms. The van der Waals surface area contributed by atoms with Crippen molar-refractivity contribution in [1.29, 1.82) is 0 Å². The Balaban J connectivity index is 0.00000256. The zero-order valence-electron chi connectivity index (χ0n) is 15.0. The van der Waals surface area contributed by atoms with E-state index in [2.05, 4.69) is 15.0 Å². The Morgan fingerprint density at radius 1 is 1.17 bits per heavy atom. The van der Waals surface area contributed by atoms with Gasteiger partial charge in [0, 0.05) is 13.4 Å². The zero-order chi connectivity index (χ0) is 20.6. The number of carbonyl (C=O) groups excluding carboxylic acids is 1. The molecule has 0 amide bonds. The molecule has 9 heteroatoms. The van der Waals surface area contributed by atoms with Crippen molar-refractivity contribution >= 4 is 32.5 Å². The number of hydrogen-bond acceptors (Lipinski definition) is 5. The van der Waals surface area contributed by atoms with Crippen LogP contribution in [0.25, 0.3) is 10.2 Å². The summed E-state index contributed by atoms with van der Waals surface area (Å²) in [6.07, 6.45) is -3.21. The van der Waals surface area contributed by atoms with Crippen molar-refractivity contribution in [2.24, 2.45) is 5.92 Å². The smallest absolute Gasteiger partial charge is 0.405 e. The van der Waals surface area contributed by atoms with Crippen LogP contribution >= 0.6 is 11.3 Å². The zero-order valence-corrected chi connectivity index (χ0v) is 15.8. The SMILES string of the molecule is O=C(c1ccccc1OC(F)(F)F)C1CC[C@@H](Nc2nc3c(F)cccc3s2)C1.[HH]. The predicted molar refractivity (Wildman–Crippen MR) is 104 cm³/mol. The molecule has 2 atom stereocenters. The number of nitrogens with one attached hydrogen (secondary N) is 1. The van der Waals surface area contributed by atoms with Crippen molar-refractivity contribution in [2.45, 2.75) is 31.7 Å². The van der Waals surface area contributed by atoms with Crippen molar-refractivity contribution in [3.8, 4) is 5.75 Å². The van der Waals surface area contributed by atoms with E-state index in [0.29, 0.717) is 29.9 Å². The highest BCUT2D eigenvalue weighted by Crippen LogP contribution is 2.36. The van der Waals surface area contributed by atoms with Gasteiger partial charge < -0.3 is 10.1 Å². The number of thiazole rings is 1. The van der Waals surface area contributed by atoms with Crippen molar-refractivity contribution in [3.05, 3.63) is 53.8 Å². The second-order valence-corrected chi connectivity index (χ2v) is 7.90. The van der Waals surface area contributed by atoms with E-state index in [-0.39, 0.29) is 18.8 Å². The molecule has 1 saturated carbocycles. The van der Waals surface area contributed by atoms with Gasteiger partial charge in [-0.3, -0.25) is 4.79 Å². The lowest BCUT2D eigenvalue weighted by atomic mass is 9.95. The average Bonchev–Trinajstić information content (AvgIpc) is 3.28. The predicted octanol–water partition coefficient (Wildman–Crippen LogP) is 6.04. The molecule has 1 aliphatic carbocycles. The Labute approximate surface area is 169 Å². The van der Waals surface area contributed by atoms with Gasteiger partial charge in [0.25, 0.3) is 0 Å². The average molecular weight is 426 g/mol. The number of hydrogen-bond donors (Lipinski definition) is 1. The summed E-state index contributed by atoms with van der Waals surface area (Å²) in [5, 5.41) is 3.78. The molecule has 2 aromatic carbocycles. The van der Waals surface area contributed by atoms with Gasteiger partial charge >= 0.3 is 6.36 Å². The second kappa shape index (κ2) is 7.62. The molecule has 1 heterocycles. The Morgan fingerprint density at radius 3 is 2.72 bits per heavy atom. The van der Waals surface area contributed by atoms with Gasteiger partial charge in [-0.25, -0.2) is 9.37 Å². The topological polar surface area (TPSA) is 51.2 Å². The lowest BCUT2D eigenvalue weighted by Gasteiger charge is -2.15. The molecule has 0 saturated heterocycles. The van der Waals surface area contributed by atoms with E-state index in [1.54, 1.807) is 12.1 Å². The number of ether oxygens (including phenoxy) is 1. The number of anilines is 1. The molecule has 1 N–H and O–H groups in total. The second-order valence-electron chi connectivity index (χ2n) is 6.87. The van der Waals surface area contributed by atoms with Gasteiger partial charge in [0.1, 0.15) is 17.1 Å². The molecule has 1 unspecified atom stereocenters. The maximum absolute atomic E-state index is 13.8. The van der Waals surface area contributed by atoms with Crippen LogP contribution in [-0.2, 0) is 0 Å². The highest BCUT2D eigenvalue weighted by atomic mass is 32.1. The quantitative estimate of drug-likeness (QED) is 0.399. The maximum Gasteiger partial charge on any atom is 0.573 e. The summed E-state index contributed by atoms with van der Waals surface area (Å²) in [4.78, 5) is 17.1. The van der Waals surface area contributed by atoms with Crippen molar-refractivity contribution in [1.82, 2.24) is 4.98 Å². The number of alkyl halides is 3. The summed E-state index contributed by atoms with van der Waals surface area (Å²) in [5.41, 5.74) is 0.224. The first-order valence-corrected chi connectivity index (χ1v) is 9.82. The van der Waals surface area contributed by atoms with Crippen LogP contribution in [0.4, 0.5) is 22.7 Å². The number of benzene rings is 2. The van der Waals surface area contributed by atoms with Gasteiger partial charge in [-0.2, -0.15) is 0 Å². The number of para-hydroxylation sites is 2. The van der Waals surface area contributed by atoms with E-state index in [1.165, 1.54) is 35.6 Å². The summed E-state index contributed by atoms with van der Waals surface area (Å²) in [6, 6.07) is 10.1. The van der Waals surface area contributed by atoms with Crippen LogP contribution in [0.5, 0.6) is 5.75 Å². The van der Waals surface area contributed by atoms with Crippen molar-refractivity contribution < 1.29 is 28.5 Å². The van der Waals surface area contributed by atoms with E-state index >= 15 is 0 Å². The number of nitrogens with zero attached hydrogens (tertiary/aromatic N) is 1. The van der Waals surface area contributed by atoms with Gasteiger partial charge in [0.2, 0.25) is 0 Å². The summed E-state index contributed by atoms with van der Waals surface area (Å²) < 4.78 is 56.3. The third-order valence-electron chi connectivity index (χ3n) is 4.88. The molecular formula is C20H18F4N2O2S. The van der Waals surface area contributed by atoms with Crippen LogP contribution in [0.15, 0.2) is 42.5 Å². The van der Waals surface area contributed by atoms with E-state index in [4.69, 9.17) is 0 Å². The molecule has 0 spiro atoms. The Kier molecular flexibility index (Phi) is 5.16. The molecule has 3 aromatic rings. The van der Waals surface area contributed by atoms with E-state index < -0.39 is 23.8 Å². The molecule has 1 aliphatic rings. The van der Waals surface area contributed by atoms with E-state index in [9.17, 15) is 22.4 Å². The number of fused-ring (bicyclic) bond motifs is 1. The van der Waals surface area contributed by atoms with Crippen LogP contribution < -0.4 is 10.1 Å². The van der Waals surface area contributed by atoms with E-state index in [0.717, 1.165) is 10.8 Å². The Morgan fingerprint density at radius 2 is 1.97 bits per heavy atom. The van der Waals surface area contributed by atoms with Gasteiger partial charge in [0.15, 0.2) is 10.9 Å². The van der Waals surface area contributed by atoms with Gasteiger partial charge in [-0.05, 0) is 43.5 Å². The van der Waals surface area contributed by atoms with Crippen LogP contribution in [0.1, 0.15) is 31.0 Å². The largest absolute Gasteiger partial charge is 0.573 e. The molecular weight excluding hydrogens is 408 g/mol. The first kappa shape index (κ1) is 19.6. The number of halogens is 4. The molecule has 0 aliphatic heterocycles. The molecule has 154 valence electrons. The van der Waals surface area contributed by atoms with Crippen LogP contribution in [-0.4, -0.2) is 23.2 Å². The minimum atomic E-state index is -4.86. The summed E-state index contributed by atoms with van der Waals surface area (Å²) >= 11 is 1.32. The standard InChI is InChI=1S/C20H16F4N2O2S.H2/c21-14-5-3-7-16-17(14)26-19(29-16)25-12-9-8-11(10-12)18(27)13-4-1-2-6-15(13)28-20(22,23)24;/h1-7,11-12H,8-10H2,(H,25,26);1H/t11?,12-;/m1./s1. The summed E-state index contributed by atoms with van der Waals surface area (Å²) in [7, 11) is 0. The lowest BCUT2D eigenvalue weighted by Crippen LogP contribution is -2.21. The van der Waals surface area contributed by atoms with Gasteiger partial charge in [0.05, 0.1) is 10.3 Å². The number of rotatable bonds is 5.